The van der Waals surface area contributed by atoms with Gasteiger partial charge >= 0.3 is 5.97 Å². The molecule has 0 aromatic carbocycles. The quantitative estimate of drug-likeness (QED) is 0.763. The number of hydrogen-bond acceptors (Lipinski definition) is 3. The lowest BCUT2D eigenvalue weighted by molar-refractivity contribution is -0.116. The summed E-state index contributed by atoms with van der Waals surface area (Å²) in [5, 5.41) is 14.5. The molecule has 1 aromatic heterocycles. The van der Waals surface area contributed by atoms with Crippen molar-refractivity contribution >= 4 is 23.4 Å². The highest BCUT2D eigenvalue weighted by molar-refractivity contribution is 6.30. The maximum atomic E-state index is 10.7. The summed E-state index contributed by atoms with van der Waals surface area (Å²) < 4.78 is 0. The van der Waals surface area contributed by atoms with Gasteiger partial charge in [-0.25, -0.2) is 4.79 Å². The Labute approximate surface area is 78.7 Å². The minimum atomic E-state index is -1.20. The number of ketones is 1. The van der Waals surface area contributed by atoms with Gasteiger partial charge in [0.1, 0.15) is 10.9 Å². The number of nitrogens with one attached hydrogen (secondary N) is 1. The Hall–Kier alpha value is -1.36. The van der Waals surface area contributed by atoms with E-state index in [4.69, 9.17) is 16.7 Å². The van der Waals surface area contributed by atoms with Crippen LogP contribution in [0.3, 0.4) is 0 Å². The van der Waals surface area contributed by atoms with Crippen LogP contribution >= 0.6 is 11.6 Å². The molecule has 2 N–H and O–H groups in total. The largest absolute Gasteiger partial charge is 0.476 e. The van der Waals surface area contributed by atoms with Gasteiger partial charge in [-0.05, 0) is 6.92 Å². The number of aromatic nitrogens is 2. The Morgan fingerprint density at radius 3 is 2.69 bits per heavy atom. The third kappa shape index (κ3) is 2.06. The van der Waals surface area contributed by atoms with E-state index in [0.29, 0.717) is 0 Å². The van der Waals surface area contributed by atoms with Crippen LogP contribution in [-0.4, -0.2) is 27.1 Å². The van der Waals surface area contributed by atoms with Crippen molar-refractivity contribution in [3.63, 3.8) is 0 Å². The Morgan fingerprint density at radius 2 is 2.23 bits per heavy atom. The third-order valence-corrected chi connectivity index (χ3v) is 1.76. The molecule has 13 heavy (non-hydrogen) atoms. The van der Waals surface area contributed by atoms with Crippen molar-refractivity contribution < 1.29 is 14.7 Å². The fraction of sp³-hybridized carbons (Fsp3) is 0.286. The first-order valence-corrected chi connectivity index (χ1v) is 3.85. The Bertz CT molecular complexity index is 359. The lowest BCUT2D eigenvalue weighted by Crippen LogP contribution is -2.05. The molecule has 1 rings (SSSR count). The maximum absolute atomic E-state index is 10.7. The van der Waals surface area contributed by atoms with Crippen LogP contribution < -0.4 is 0 Å². The highest BCUT2D eigenvalue weighted by Crippen LogP contribution is 2.17. The first-order valence-electron chi connectivity index (χ1n) is 3.48. The number of rotatable bonds is 3. The van der Waals surface area contributed by atoms with Gasteiger partial charge in [-0.2, -0.15) is 5.10 Å². The van der Waals surface area contributed by atoms with Crippen LogP contribution in [0.2, 0.25) is 5.15 Å². The van der Waals surface area contributed by atoms with Crippen LogP contribution in [0.1, 0.15) is 23.0 Å². The number of aromatic amines is 1. The van der Waals surface area contributed by atoms with Gasteiger partial charge in [-0.1, -0.05) is 11.6 Å². The summed E-state index contributed by atoms with van der Waals surface area (Å²) in [5.74, 6) is -1.36. The van der Waals surface area contributed by atoms with Crippen LogP contribution in [0.25, 0.3) is 0 Å². The van der Waals surface area contributed by atoms with E-state index >= 15 is 0 Å². The minimum Gasteiger partial charge on any atom is -0.476 e. The number of carbonyl (C=O) groups is 2. The molecule has 0 bridgehead atoms. The number of hydrogen-bond donors (Lipinski definition) is 2. The summed E-state index contributed by atoms with van der Waals surface area (Å²) in [4.78, 5) is 21.3. The summed E-state index contributed by atoms with van der Waals surface area (Å²) in [5.41, 5.74) is 0.0434. The molecule has 1 aromatic rings. The Balaban J connectivity index is 3.08. The van der Waals surface area contributed by atoms with E-state index in [2.05, 4.69) is 10.2 Å². The van der Waals surface area contributed by atoms with E-state index < -0.39 is 5.97 Å². The van der Waals surface area contributed by atoms with Crippen LogP contribution in [0, 0.1) is 0 Å². The molecule has 0 fully saturated rings. The summed E-state index contributed by atoms with van der Waals surface area (Å²) in [6.07, 6.45) is -0.0169. The van der Waals surface area contributed by atoms with E-state index in [0.717, 1.165) is 0 Å². The summed E-state index contributed by atoms with van der Waals surface area (Å²) in [6, 6.07) is 0. The van der Waals surface area contributed by atoms with Crippen molar-refractivity contribution in [2.45, 2.75) is 13.3 Å². The molecule has 70 valence electrons. The average molecular weight is 203 g/mol. The molecule has 0 saturated carbocycles. The van der Waals surface area contributed by atoms with E-state index in [1.165, 1.54) is 6.92 Å². The van der Waals surface area contributed by atoms with Gasteiger partial charge in [0.25, 0.3) is 0 Å². The van der Waals surface area contributed by atoms with E-state index in [9.17, 15) is 9.59 Å². The lowest BCUT2D eigenvalue weighted by Gasteiger charge is -1.94. The number of halogens is 1. The molecule has 0 atom stereocenters. The second-order valence-electron chi connectivity index (χ2n) is 2.55. The topological polar surface area (TPSA) is 83.1 Å². The highest BCUT2D eigenvalue weighted by atomic mass is 35.5. The van der Waals surface area contributed by atoms with Crippen LogP contribution in [0.15, 0.2) is 0 Å². The second kappa shape index (κ2) is 3.57. The van der Waals surface area contributed by atoms with Crippen molar-refractivity contribution in [2.24, 2.45) is 0 Å². The van der Waals surface area contributed by atoms with Gasteiger partial charge in [-0.3, -0.25) is 9.89 Å². The highest BCUT2D eigenvalue weighted by Gasteiger charge is 2.18. The van der Waals surface area contributed by atoms with E-state index in [1.807, 2.05) is 0 Å². The monoisotopic (exact) mass is 202 g/mol. The second-order valence-corrected chi connectivity index (χ2v) is 2.93. The smallest absolute Gasteiger partial charge is 0.356 e. The number of aromatic carboxylic acids is 1. The van der Waals surface area contributed by atoms with Crippen molar-refractivity contribution in [1.82, 2.24) is 10.2 Å². The minimum absolute atomic E-state index is 0.0169. The number of nitrogens with zero attached hydrogens (tertiary/aromatic N) is 1. The van der Waals surface area contributed by atoms with Crippen molar-refractivity contribution in [2.75, 3.05) is 0 Å². The lowest BCUT2D eigenvalue weighted by atomic mass is 10.1. The molecule has 1 heterocycles. The Kier molecular flexibility index (Phi) is 2.67. The number of H-pyrrole nitrogens is 1. The predicted octanol–water partition coefficient (Wildman–Crippen LogP) is 0.893. The summed E-state index contributed by atoms with van der Waals surface area (Å²) in [7, 11) is 0. The molecule has 0 aliphatic carbocycles. The maximum Gasteiger partial charge on any atom is 0.356 e. The number of carboxylic acids is 1. The van der Waals surface area contributed by atoms with Crippen LogP contribution in [-0.2, 0) is 11.2 Å². The fourth-order valence-electron chi connectivity index (χ4n) is 0.931. The number of carbonyl (C=O) groups excluding carboxylic acids is 1. The molecule has 0 aliphatic rings. The molecule has 0 aliphatic heterocycles. The van der Waals surface area contributed by atoms with Gasteiger partial charge in [0, 0.05) is 12.0 Å². The number of Topliss-reactive ketones (excluding diaryl/α,β-unsaturated/α-hetero) is 1. The van der Waals surface area contributed by atoms with Gasteiger partial charge in [0.05, 0.1) is 0 Å². The van der Waals surface area contributed by atoms with Gasteiger partial charge in [0.15, 0.2) is 5.69 Å². The Morgan fingerprint density at radius 1 is 1.62 bits per heavy atom. The molecule has 0 radical (unpaired) electrons. The molecule has 0 amide bonds. The summed E-state index contributed by atoms with van der Waals surface area (Å²) >= 11 is 5.60. The van der Waals surface area contributed by atoms with Crippen LogP contribution in [0.5, 0.6) is 0 Å². The van der Waals surface area contributed by atoms with Crippen molar-refractivity contribution in [1.29, 1.82) is 0 Å². The first kappa shape index (κ1) is 9.73. The van der Waals surface area contributed by atoms with Gasteiger partial charge < -0.3 is 5.11 Å². The van der Waals surface area contributed by atoms with Crippen molar-refractivity contribution in [3.8, 4) is 0 Å². The van der Waals surface area contributed by atoms with Gasteiger partial charge in [0.2, 0.25) is 0 Å². The average Bonchev–Trinajstić information content (AvgIpc) is 2.32. The zero-order valence-corrected chi connectivity index (χ0v) is 7.55. The molecular weight excluding hydrogens is 196 g/mol. The van der Waals surface area contributed by atoms with Gasteiger partial charge in [-0.15, -0.1) is 0 Å². The van der Waals surface area contributed by atoms with Crippen molar-refractivity contribution in [3.05, 3.63) is 16.4 Å². The van der Waals surface area contributed by atoms with E-state index in [-0.39, 0.29) is 28.6 Å². The standard InChI is InChI=1S/C7H7ClN2O3/c1-3(11)2-4-5(7(12)13)9-10-6(4)8/h2H2,1H3,(H,9,10)(H,12,13). The normalized spacial score (nSPS) is 10.0. The molecule has 0 spiro atoms. The number of carboxylic acid groups (broad SMARTS) is 1. The fourth-order valence-corrected chi connectivity index (χ4v) is 1.13. The molecular formula is C7H7ClN2O3. The molecule has 5 nitrogen and oxygen atoms in total. The molecule has 6 heteroatoms. The molecule has 0 saturated heterocycles. The SMILES string of the molecule is CC(=O)Cc1c(C(=O)O)n[nH]c1Cl. The molecule has 0 unspecified atom stereocenters. The van der Waals surface area contributed by atoms with Crippen LogP contribution in [0.4, 0.5) is 0 Å². The predicted molar refractivity (Wildman–Crippen MR) is 44.9 cm³/mol. The first-order chi connectivity index (χ1) is 6.02. The zero-order valence-electron chi connectivity index (χ0n) is 6.80. The zero-order chi connectivity index (χ0) is 10.0. The summed E-state index contributed by atoms with van der Waals surface area (Å²) in [6.45, 7) is 1.36. The van der Waals surface area contributed by atoms with E-state index in [1.54, 1.807) is 0 Å². The third-order valence-electron chi connectivity index (χ3n) is 1.44.